The molecule has 0 aliphatic heterocycles. The highest BCUT2D eigenvalue weighted by molar-refractivity contribution is 5.98. The van der Waals surface area contributed by atoms with Gasteiger partial charge in [0, 0.05) is 37.8 Å². The Bertz CT molecular complexity index is 1140. The first-order valence-electron chi connectivity index (χ1n) is 12.5. The number of aromatic nitrogens is 3. The Hall–Kier alpha value is -3.27. The second kappa shape index (κ2) is 14.8. The van der Waals surface area contributed by atoms with Crippen molar-refractivity contribution in [3.05, 3.63) is 84.6 Å². The van der Waals surface area contributed by atoms with Crippen molar-refractivity contribution >= 4 is 16.6 Å². The summed E-state index contributed by atoms with van der Waals surface area (Å²) in [6.45, 7) is 13.9. The maximum absolute atomic E-state index is 4.60. The van der Waals surface area contributed by atoms with Crippen molar-refractivity contribution in [2.45, 2.75) is 73.1 Å². The Balaban J connectivity index is 0.00000299. The van der Waals surface area contributed by atoms with Crippen LogP contribution in [0.5, 0.6) is 0 Å². The highest BCUT2D eigenvalue weighted by Gasteiger charge is 2.06. The lowest BCUT2D eigenvalue weighted by atomic mass is 10.0. The number of H-pyrrole nitrogens is 1. The van der Waals surface area contributed by atoms with Crippen LogP contribution in [0.15, 0.2) is 78.1 Å². The van der Waals surface area contributed by atoms with Crippen LogP contribution in [0.2, 0.25) is 0 Å². The SMILES string of the molecule is C=C\C=C/N=C(C)\C(=C/C)CCCCCCc1ncc(-c2ccc3nc(C)ccc3c2)[nH]1.CC.[HH].[HH]. The Morgan fingerprint density at radius 2 is 1.91 bits per heavy atom. The number of rotatable bonds is 11. The molecule has 1 N–H and O–H groups in total. The molecule has 0 spiro atoms. The van der Waals surface area contributed by atoms with E-state index in [1.54, 1.807) is 12.3 Å². The van der Waals surface area contributed by atoms with Gasteiger partial charge in [-0.3, -0.25) is 9.98 Å². The number of allylic oxidation sites excluding steroid dienone is 4. The molecule has 184 valence electrons. The van der Waals surface area contributed by atoms with Gasteiger partial charge in [-0.15, -0.1) is 0 Å². The lowest BCUT2D eigenvalue weighted by molar-refractivity contribution is 0.634. The van der Waals surface area contributed by atoms with Crippen molar-refractivity contribution in [1.82, 2.24) is 15.0 Å². The molecule has 3 aromatic rings. The summed E-state index contributed by atoms with van der Waals surface area (Å²) in [4.78, 5) is 17.1. The molecule has 0 fully saturated rings. The second-order valence-electron chi connectivity index (χ2n) is 8.12. The highest BCUT2D eigenvalue weighted by atomic mass is 14.9. The number of aromatic amines is 1. The van der Waals surface area contributed by atoms with Crippen LogP contribution in [0.1, 0.15) is 74.2 Å². The maximum Gasteiger partial charge on any atom is 0.106 e. The average molecular weight is 461 g/mol. The first-order valence-corrected chi connectivity index (χ1v) is 12.5. The smallest absolute Gasteiger partial charge is 0.106 e. The number of hydrogen-bond donors (Lipinski definition) is 1. The summed E-state index contributed by atoms with van der Waals surface area (Å²) in [5, 5.41) is 1.15. The van der Waals surface area contributed by atoms with Gasteiger partial charge < -0.3 is 4.98 Å². The van der Waals surface area contributed by atoms with Crippen molar-refractivity contribution in [2.24, 2.45) is 4.99 Å². The number of aryl methyl sites for hydroxylation is 2. The summed E-state index contributed by atoms with van der Waals surface area (Å²) in [6, 6.07) is 10.6. The monoisotopic (exact) mass is 460 g/mol. The van der Waals surface area contributed by atoms with Crippen LogP contribution in [0.25, 0.3) is 22.2 Å². The molecule has 0 bridgehead atoms. The van der Waals surface area contributed by atoms with Crippen molar-refractivity contribution in [3.63, 3.8) is 0 Å². The standard InChI is InChI=1S/C28H34N4.C2H6.2H2/c1-5-7-18-29-22(4)23(6-2)12-10-8-9-11-13-28-30-20-27(32-28)25-16-17-26-24(19-25)15-14-21(3)31-26;1-2;;/h5-7,14-20H,1,8-13H2,2-4H3,(H,30,32);1-2H3;2*1H/b18-7-,23-6-,29-22-;;;. The summed E-state index contributed by atoms with van der Waals surface area (Å²) < 4.78 is 0. The summed E-state index contributed by atoms with van der Waals surface area (Å²) in [7, 11) is 0. The fourth-order valence-corrected chi connectivity index (χ4v) is 3.83. The Morgan fingerprint density at radius 1 is 1.12 bits per heavy atom. The van der Waals surface area contributed by atoms with Crippen molar-refractivity contribution in [1.29, 1.82) is 0 Å². The van der Waals surface area contributed by atoms with E-state index in [-0.39, 0.29) is 2.85 Å². The van der Waals surface area contributed by atoms with E-state index in [2.05, 4.69) is 76.8 Å². The van der Waals surface area contributed by atoms with Crippen LogP contribution < -0.4 is 0 Å². The van der Waals surface area contributed by atoms with Gasteiger partial charge in [0.25, 0.3) is 0 Å². The molecule has 2 heterocycles. The van der Waals surface area contributed by atoms with Gasteiger partial charge >= 0.3 is 0 Å². The fourth-order valence-electron chi connectivity index (χ4n) is 3.83. The number of pyridine rings is 1. The molecule has 0 saturated carbocycles. The zero-order valence-electron chi connectivity index (χ0n) is 21.6. The third kappa shape index (κ3) is 8.26. The van der Waals surface area contributed by atoms with Crippen LogP contribution in [0.4, 0.5) is 0 Å². The first kappa shape index (κ1) is 27.0. The van der Waals surface area contributed by atoms with Crippen molar-refractivity contribution in [3.8, 4) is 11.3 Å². The van der Waals surface area contributed by atoms with Gasteiger partial charge in [-0.2, -0.15) is 0 Å². The second-order valence-corrected chi connectivity index (χ2v) is 8.12. The van der Waals surface area contributed by atoms with E-state index in [9.17, 15) is 0 Å². The molecular formula is C30H44N4. The van der Waals surface area contributed by atoms with Gasteiger partial charge in [0.2, 0.25) is 0 Å². The Morgan fingerprint density at radius 3 is 2.68 bits per heavy atom. The van der Waals surface area contributed by atoms with E-state index in [0.29, 0.717) is 0 Å². The van der Waals surface area contributed by atoms with Gasteiger partial charge in [0.05, 0.1) is 17.4 Å². The normalized spacial score (nSPS) is 12.1. The summed E-state index contributed by atoms with van der Waals surface area (Å²) in [6.07, 6.45) is 16.3. The minimum atomic E-state index is 0. The third-order valence-electron chi connectivity index (χ3n) is 5.68. The number of fused-ring (bicyclic) bond motifs is 1. The number of nitrogens with one attached hydrogen (secondary N) is 1. The zero-order chi connectivity index (χ0) is 24.8. The van der Waals surface area contributed by atoms with E-state index < -0.39 is 0 Å². The number of benzene rings is 1. The number of aliphatic imine (C=N–C) groups is 1. The largest absolute Gasteiger partial charge is 0.342 e. The summed E-state index contributed by atoms with van der Waals surface area (Å²) >= 11 is 0. The summed E-state index contributed by atoms with van der Waals surface area (Å²) in [5.74, 6) is 1.06. The Labute approximate surface area is 208 Å². The molecule has 2 aromatic heterocycles. The van der Waals surface area contributed by atoms with Crippen molar-refractivity contribution in [2.75, 3.05) is 0 Å². The molecule has 3 rings (SSSR count). The predicted octanol–water partition coefficient (Wildman–Crippen LogP) is 9.05. The van der Waals surface area contributed by atoms with Crippen LogP contribution in [-0.2, 0) is 6.42 Å². The van der Waals surface area contributed by atoms with Crippen LogP contribution in [-0.4, -0.2) is 20.7 Å². The van der Waals surface area contributed by atoms with Gasteiger partial charge in [0.1, 0.15) is 5.82 Å². The first-order chi connectivity index (χ1) is 16.6. The predicted molar refractivity (Wildman–Crippen MR) is 153 cm³/mol. The van der Waals surface area contributed by atoms with Gasteiger partial charge in [0.15, 0.2) is 0 Å². The third-order valence-corrected chi connectivity index (χ3v) is 5.68. The zero-order valence-corrected chi connectivity index (χ0v) is 21.6. The molecule has 0 saturated heterocycles. The topological polar surface area (TPSA) is 53.9 Å². The molecule has 4 nitrogen and oxygen atoms in total. The number of nitrogens with zero attached hydrogens (tertiary/aromatic N) is 3. The van der Waals surface area contributed by atoms with Gasteiger partial charge in [-0.05, 0) is 69.9 Å². The van der Waals surface area contributed by atoms with E-state index in [1.165, 1.54) is 24.8 Å². The van der Waals surface area contributed by atoms with E-state index in [0.717, 1.165) is 58.7 Å². The molecule has 0 radical (unpaired) electrons. The number of hydrogen-bond acceptors (Lipinski definition) is 3. The molecule has 0 atom stereocenters. The highest BCUT2D eigenvalue weighted by Crippen LogP contribution is 2.23. The van der Waals surface area contributed by atoms with E-state index in [1.807, 2.05) is 33.0 Å². The van der Waals surface area contributed by atoms with Crippen LogP contribution in [0.3, 0.4) is 0 Å². The molecule has 4 heteroatoms. The lowest BCUT2D eigenvalue weighted by Crippen LogP contribution is -1.97. The van der Waals surface area contributed by atoms with Gasteiger partial charge in [-0.25, -0.2) is 4.98 Å². The molecule has 0 aliphatic carbocycles. The van der Waals surface area contributed by atoms with E-state index >= 15 is 0 Å². The minimum absolute atomic E-state index is 0. The van der Waals surface area contributed by atoms with E-state index in [4.69, 9.17) is 0 Å². The Kier molecular flexibility index (Phi) is 11.7. The maximum atomic E-state index is 4.60. The molecular weight excluding hydrogens is 416 g/mol. The minimum Gasteiger partial charge on any atom is -0.342 e. The lowest BCUT2D eigenvalue weighted by Gasteiger charge is -2.06. The molecule has 1 aromatic carbocycles. The van der Waals surface area contributed by atoms with Crippen molar-refractivity contribution < 1.29 is 2.85 Å². The van der Waals surface area contributed by atoms with Gasteiger partial charge in [-0.1, -0.05) is 57.6 Å². The summed E-state index contributed by atoms with van der Waals surface area (Å²) in [5.41, 5.74) is 6.72. The van der Waals surface area contributed by atoms with Crippen LogP contribution >= 0.6 is 0 Å². The molecule has 0 unspecified atom stereocenters. The molecule has 0 aliphatic rings. The fraction of sp³-hybridized carbons (Fsp3) is 0.367. The number of unbranched alkanes of at least 4 members (excludes halogenated alkanes) is 3. The van der Waals surface area contributed by atoms with Crippen LogP contribution in [0, 0.1) is 6.92 Å². The molecule has 34 heavy (non-hydrogen) atoms. The number of imidazole rings is 1. The molecule has 0 amide bonds. The average Bonchev–Trinajstić information content (AvgIpc) is 3.33. The quantitative estimate of drug-likeness (QED) is 0.176.